The van der Waals surface area contributed by atoms with E-state index in [2.05, 4.69) is 31.9 Å². The highest BCUT2D eigenvalue weighted by atomic mass is 79.9. The molecule has 0 bridgehead atoms. The molecule has 0 N–H and O–H groups in total. The van der Waals surface area contributed by atoms with E-state index in [0.717, 1.165) is 0 Å². The van der Waals surface area contributed by atoms with E-state index in [1.165, 1.54) is 0 Å². The van der Waals surface area contributed by atoms with Crippen molar-refractivity contribution in [1.82, 2.24) is 0 Å². The van der Waals surface area contributed by atoms with E-state index in [4.69, 9.17) is 34.4 Å². The van der Waals surface area contributed by atoms with E-state index in [1.54, 1.807) is 6.92 Å². The first-order valence-corrected chi connectivity index (χ1v) is 10.5. The van der Waals surface area contributed by atoms with Gasteiger partial charge in [-0.2, -0.15) is 0 Å². The van der Waals surface area contributed by atoms with Gasteiger partial charge in [-0.3, -0.25) is 13.7 Å². The SMILES string of the molecule is CC(Cl)C(Br)(Br)COC1O[PH](=O)OCC12CO[PH](=O)OC2. The van der Waals surface area contributed by atoms with E-state index in [0.29, 0.717) is 0 Å². The first kappa shape index (κ1) is 18.8. The Hall–Kier alpha value is 1.51. The Morgan fingerprint density at radius 2 is 1.81 bits per heavy atom. The van der Waals surface area contributed by atoms with E-state index in [1.807, 2.05) is 0 Å². The van der Waals surface area contributed by atoms with Crippen LogP contribution in [-0.4, -0.2) is 41.3 Å². The molecule has 3 unspecified atom stereocenters. The van der Waals surface area contributed by atoms with Crippen LogP contribution in [0, 0.1) is 5.41 Å². The molecule has 3 atom stereocenters. The summed E-state index contributed by atoms with van der Waals surface area (Å²) >= 11 is 12.8. The second-order valence-electron chi connectivity index (χ2n) is 4.87. The first-order chi connectivity index (χ1) is 9.75. The van der Waals surface area contributed by atoms with Crippen LogP contribution in [0.2, 0.25) is 0 Å². The molecule has 0 radical (unpaired) electrons. The molecular weight excluding hydrogens is 477 g/mol. The predicted molar refractivity (Wildman–Crippen MR) is 85.0 cm³/mol. The van der Waals surface area contributed by atoms with Gasteiger partial charge in [-0.05, 0) is 6.92 Å². The van der Waals surface area contributed by atoms with Gasteiger partial charge in [-0.25, -0.2) is 0 Å². The molecule has 0 saturated carbocycles. The number of ether oxygens (including phenoxy) is 1. The zero-order chi connectivity index (χ0) is 15.7. The normalized spacial score (nSPS) is 39.3. The standard InChI is InChI=1S/C9H15Br2ClO7P2/c1-6(12)9(10,11)5-15-7-8(4-18-21(14)19-7)2-16-20(13)17-3-8/h6-7,20-21H,2-5H2,1H3. The van der Waals surface area contributed by atoms with Gasteiger partial charge in [0.1, 0.15) is 3.23 Å². The Morgan fingerprint density at radius 3 is 2.33 bits per heavy atom. The lowest BCUT2D eigenvalue weighted by atomic mass is 9.90. The molecule has 1 spiro atoms. The largest absolute Gasteiger partial charge is 0.349 e. The Morgan fingerprint density at radius 1 is 1.29 bits per heavy atom. The monoisotopic (exact) mass is 490 g/mol. The van der Waals surface area contributed by atoms with E-state index in [9.17, 15) is 9.13 Å². The van der Waals surface area contributed by atoms with Gasteiger partial charge in [0.05, 0.1) is 37.2 Å². The molecule has 0 aromatic heterocycles. The summed E-state index contributed by atoms with van der Waals surface area (Å²) in [6.45, 7) is 2.18. The van der Waals surface area contributed by atoms with Gasteiger partial charge in [-0.15, -0.1) is 11.6 Å². The predicted octanol–water partition coefficient (Wildman–Crippen LogP) is 3.30. The molecule has 2 fully saturated rings. The highest BCUT2D eigenvalue weighted by Gasteiger charge is 2.50. The van der Waals surface area contributed by atoms with Crippen LogP contribution >= 0.6 is 60.0 Å². The quantitative estimate of drug-likeness (QED) is 0.440. The summed E-state index contributed by atoms with van der Waals surface area (Å²) in [5.74, 6) is 0. The fourth-order valence-electron chi connectivity index (χ4n) is 1.74. The summed E-state index contributed by atoms with van der Waals surface area (Å²) in [4.78, 5) is 0. The Bertz CT molecular complexity index is 418. The van der Waals surface area contributed by atoms with Crippen LogP contribution in [0.1, 0.15) is 6.92 Å². The van der Waals surface area contributed by atoms with Crippen molar-refractivity contribution in [3.63, 3.8) is 0 Å². The number of halogens is 3. The van der Waals surface area contributed by atoms with Crippen molar-refractivity contribution in [2.24, 2.45) is 5.41 Å². The molecule has 2 aliphatic heterocycles. The van der Waals surface area contributed by atoms with Gasteiger partial charge in [0.2, 0.25) is 0 Å². The van der Waals surface area contributed by atoms with Crippen molar-refractivity contribution in [2.45, 2.75) is 21.8 Å². The van der Waals surface area contributed by atoms with E-state index >= 15 is 0 Å². The second kappa shape index (κ2) is 7.60. The minimum absolute atomic E-state index is 0.0820. The van der Waals surface area contributed by atoms with Crippen LogP contribution in [0.25, 0.3) is 0 Å². The van der Waals surface area contributed by atoms with Crippen LogP contribution < -0.4 is 0 Å². The molecule has 0 aromatic rings. The molecule has 7 nitrogen and oxygen atoms in total. The minimum atomic E-state index is -2.63. The van der Waals surface area contributed by atoms with Crippen molar-refractivity contribution in [3.8, 4) is 0 Å². The zero-order valence-electron chi connectivity index (χ0n) is 11.0. The van der Waals surface area contributed by atoms with Crippen molar-refractivity contribution in [1.29, 1.82) is 0 Å². The first-order valence-electron chi connectivity index (χ1n) is 6.02. The number of rotatable bonds is 4. The van der Waals surface area contributed by atoms with Gasteiger partial charge >= 0.3 is 16.5 Å². The Balaban J connectivity index is 2.05. The molecule has 0 aliphatic carbocycles. The third-order valence-corrected chi connectivity index (χ3v) is 7.42. The number of alkyl halides is 3. The summed E-state index contributed by atoms with van der Waals surface area (Å²) in [6, 6.07) is 0. The van der Waals surface area contributed by atoms with Crippen LogP contribution in [0.3, 0.4) is 0 Å². The van der Waals surface area contributed by atoms with Gasteiger partial charge in [0.15, 0.2) is 6.29 Å². The zero-order valence-corrected chi connectivity index (χ0v) is 16.9. The highest BCUT2D eigenvalue weighted by Crippen LogP contribution is 2.48. The smallest absolute Gasteiger partial charge is 0.321 e. The summed E-state index contributed by atoms with van der Waals surface area (Å²) in [5, 5.41) is -0.277. The molecule has 12 heteroatoms. The molecule has 124 valence electrons. The maximum absolute atomic E-state index is 11.5. The van der Waals surface area contributed by atoms with Crippen LogP contribution in [0.5, 0.6) is 0 Å². The van der Waals surface area contributed by atoms with Crippen molar-refractivity contribution < 1.29 is 32.0 Å². The van der Waals surface area contributed by atoms with E-state index < -0.39 is 31.4 Å². The summed E-state index contributed by atoms with van der Waals surface area (Å²) in [5.41, 5.74) is -0.803. The van der Waals surface area contributed by atoms with Gasteiger partial charge in [0.25, 0.3) is 0 Å². The molecule has 2 saturated heterocycles. The lowest BCUT2D eigenvalue weighted by Gasteiger charge is -2.44. The van der Waals surface area contributed by atoms with Crippen molar-refractivity contribution in [3.05, 3.63) is 0 Å². The van der Waals surface area contributed by atoms with Crippen LogP contribution in [0.15, 0.2) is 0 Å². The topological polar surface area (TPSA) is 80.3 Å². The Labute approximate surface area is 145 Å². The van der Waals surface area contributed by atoms with Crippen molar-refractivity contribution in [2.75, 3.05) is 26.4 Å². The minimum Gasteiger partial charge on any atom is -0.349 e. The molecule has 0 aromatic carbocycles. The maximum Gasteiger partial charge on any atom is 0.321 e. The molecule has 0 amide bonds. The van der Waals surface area contributed by atoms with Crippen LogP contribution in [0.4, 0.5) is 0 Å². The maximum atomic E-state index is 11.5. The molecule has 2 aliphatic rings. The second-order valence-corrected chi connectivity index (χ2v) is 11.5. The lowest BCUT2D eigenvalue weighted by Crippen LogP contribution is -2.52. The third-order valence-electron chi connectivity index (χ3n) is 3.14. The average molecular weight is 492 g/mol. The summed E-state index contributed by atoms with van der Waals surface area (Å²) < 4.78 is 48.2. The fourth-order valence-corrected chi connectivity index (χ4v) is 3.93. The molecule has 2 heterocycles. The number of hydrogen-bond acceptors (Lipinski definition) is 7. The molecule has 2 rings (SSSR count). The average Bonchev–Trinajstić information content (AvgIpc) is 2.43. The summed E-state index contributed by atoms with van der Waals surface area (Å²) in [7, 11) is -5.12. The lowest BCUT2D eigenvalue weighted by molar-refractivity contribution is -0.217. The van der Waals surface area contributed by atoms with Crippen molar-refractivity contribution >= 4 is 60.0 Å². The highest BCUT2D eigenvalue weighted by molar-refractivity contribution is 9.25. The third kappa shape index (κ3) is 4.75. The number of hydrogen-bond donors (Lipinski definition) is 0. The van der Waals surface area contributed by atoms with Gasteiger partial charge in [-0.1, -0.05) is 31.9 Å². The Kier molecular flexibility index (Phi) is 6.82. The van der Waals surface area contributed by atoms with Gasteiger partial charge < -0.3 is 18.3 Å². The van der Waals surface area contributed by atoms with Crippen LogP contribution in [-0.2, 0) is 32.0 Å². The molecular formula is C9H15Br2ClO7P2. The fraction of sp³-hybridized carbons (Fsp3) is 1.00. The summed E-state index contributed by atoms with van der Waals surface area (Å²) in [6.07, 6.45) is -0.863. The molecule has 21 heavy (non-hydrogen) atoms. The van der Waals surface area contributed by atoms with E-state index in [-0.39, 0.29) is 31.8 Å². The van der Waals surface area contributed by atoms with Gasteiger partial charge in [0, 0.05) is 0 Å².